The minimum Gasteiger partial charge on any atom is -0.481 e. The molecule has 0 saturated heterocycles. The van der Waals surface area contributed by atoms with Crippen molar-refractivity contribution < 1.29 is 14.7 Å². The molecular weight excluding hydrogens is 310 g/mol. The summed E-state index contributed by atoms with van der Waals surface area (Å²) < 4.78 is 0. The van der Waals surface area contributed by atoms with Gasteiger partial charge in [-0.05, 0) is 37.1 Å². The van der Waals surface area contributed by atoms with Gasteiger partial charge in [-0.25, -0.2) is 0 Å². The van der Waals surface area contributed by atoms with Gasteiger partial charge in [0.05, 0.1) is 5.92 Å². The van der Waals surface area contributed by atoms with Crippen LogP contribution >= 0.6 is 23.4 Å². The lowest BCUT2D eigenvalue weighted by Gasteiger charge is -2.17. The van der Waals surface area contributed by atoms with Crippen molar-refractivity contribution >= 4 is 35.2 Å². The fourth-order valence-corrected chi connectivity index (χ4v) is 3.48. The molecule has 4 nitrogen and oxygen atoms in total. The number of carbonyl (C=O) groups is 2. The number of benzene rings is 1. The molecule has 1 amide bonds. The van der Waals surface area contributed by atoms with E-state index in [0.29, 0.717) is 23.6 Å². The lowest BCUT2D eigenvalue weighted by molar-refractivity contribution is -0.142. The molecule has 6 heteroatoms. The Labute approximate surface area is 133 Å². The van der Waals surface area contributed by atoms with Crippen LogP contribution in [0.25, 0.3) is 0 Å². The lowest BCUT2D eigenvalue weighted by Crippen LogP contribution is -2.40. The van der Waals surface area contributed by atoms with E-state index in [9.17, 15) is 9.59 Å². The summed E-state index contributed by atoms with van der Waals surface area (Å²) >= 11 is 7.40. The molecule has 0 aliphatic heterocycles. The molecule has 0 spiro atoms. The number of carboxylic acids is 1. The molecule has 0 bridgehead atoms. The van der Waals surface area contributed by atoms with Crippen LogP contribution in [0.15, 0.2) is 29.2 Å². The molecule has 2 atom stereocenters. The van der Waals surface area contributed by atoms with Crippen molar-refractivity contribution in [2.75, 3.05) is 5.75 Å². The standard InChI is InChI=1S/C15H18ClNO3S/c16-10-4-6-11(7-5-10)21-9-8-14(18)17-13-3-1-2-12(13)15(19)20/h4-7,12-13H,1-3,8-9H2,(H,17,18)(H,19,20)/t12-,13+/m1/s1. The average molecular weight is 328 g/mol. The molecule has 0 aromatic heterocycles. The highest BCUT2D eigenvalue weighted by molar-refractivity contribution is 7.99. The zero-order valence-corrected chi connectivity index (χ0v) is 13.1. The number of hydrogen-bond donors (Lipinski definition) is 2. The van der Waals surface area contributed by atoms with Gasteiger partial charge >= 0.3 is 5.97 Å². The second-order valence-electron chi connectivity index (χ2n) is 5.10. The van der Waals surface area contributed by atoms with Crippen molar-refractivity contribution in [3.8, 4) is 0 Å². The average Bonchev–Trinajstić information content (AvgIpc) is 2.89. The van der Waals surface area contributed by atoms with Gasteiger partial charge in [-0.15, -0.1) is 11.8 Å². The van der Waals surface area contributed by atoms with E-state index in [1.54, 1.807) is 11.8 Å². The predicted octanol–water partition coefficient (Wildman–Crippen LogP) is 3.19. The summed E-state index contributed by atoms with van der Waals surface area (Å²) in [5, 5.41) is 12.6. The van der Waals surface area contributed by atoms with E-state index in [0.717, 1.165) is 17.7 Å². The fourth-order valence-electron chi connectivity index (χ4n) is 2.50. The third-order valence-electron chi connectivity index (χ3n) is 3.59. The number of hydrogen-bond acceptors (Lipinski definition) is 3. The highest BCUT2D eigenvalue weighted by atomic mass is 35.5. The minimum atomic E-state index is -0.812. The normalized spacial score (nSPS) is 21.2. The Morgan fingerprint density at radius 1 is 1.29 bits per heavy atom. The molecular formula is C15H18ClNO3S. The van der Waals surface area contributed by atoms with E-state index in [1.165, 1.54) is 0 Å². The van der Waals surface area contributed by atoms with Crippen LogP contribution in [-0.2, 0) is 9.59 Å². The summed E-state index contributed by atoms with van der Waals surface area (Å²) in [6.07, 6.45) is 2.66. The third-order valence-corrected chi connectivity index (χ3v) is 4.86. The molecule has 0 heterocycles. The Kier molecular flexibility index (Phi) is 5.94. The van der Waals surface area contributed by atoms with Crippen LogP contribution in [0.2, 0.25) is 5.02 Å². The zero-order valence-electron chi connectivity index (χ0n) is 11.5. The monoisotopic (exact) mass is 327 g/mol. The highest BCUT2D eigenvalue weighted by Crippen LogP contribution is 2.26. The molecule has 21 heavy (non-hydrogen) atoms. The highest BCUT2D eigenvalue weighted by Gasteiger charge is 2.33. The van der Waals surface area contributed by atoms with Crippen LogP contribution in [-0.4, -0.2) is 28.8 Å². The van der Waals surface area contributed by atoms with Gasteiger partial charge < -0.3 is 10.4 Å². The molecule has 1 aromatic rings. The van der Waals surface area contributed by atoms with Gasteiger partial charge in [0, 0.05) is 28.1 Å². The molecule has 114 valence electrons. The van der Waals surface area contributed by atoms with Crippen molar-refractivity contribution in [3.05, 3.63) is 29.3 Å². The summed E-state index contributed by atoms with van der Waals surface area (Å²) in [5.41, 5.74) is 0. The number of thioether (sulfide) groups is 1. The minimum absolute atomic E-state index is 0.0744. The van der Waals surface area contributed by atoms with Crippen molar-refractivity contribution in [2.45, 2.75) is 36.6 Å². The number of nitrogens with one attached hydrogen (secondary N) is 1. The number of halogens is 1. The second kappa shape index (κ2) is 7.71. The summed E-state index contributed by atoms with van der Waals surface area (Å²) in [4.78, 5) is 24.0. The van der Waals surface area contributed by atoms with E-state index in [1.807, 2.05) is 24.3 Å². The lowest BCUT2D eigenvalue weighted by atomic mass is 10.0. The smallest absolute Gasteiger partial charge is 0.308 e. The number of carboxylic acid groups (broad SMARTS) is 1. The number of aliphatic carboxylic acids is 1. The van der Waals surface area contributed by atoms with Gasteiger partial charge in [0.15, 0.2) is 0 Å². The Morgan fingerprint density at radius 2 is 2.00 bits per heavy atom. The third kappa shape index (κ3) is 4.93. The van der Waals surface area contributed by atoms with Crippen LogP contribution < -0.4 is 5.32 Å². The van der Waals surface area contributed by atoms with E-state index in [4.69, 9.17) is 16.7 Å². The topological polar surface area (TPSA) is 66.4 Å². The molecule has 1 aliphatic rings. The van der Waals surface area contributed by atoms with Gasteiger partial charge in [0.2, 0.25) is 5.91 Å². The van der Waals surface area contributed by atoms with Crippen LogP contribution in [0, 0.1) is 5.92 Å². The van der Waals surface area contributed by atoms with Crippen molar-refractivity contribution in [1.29, 1.82) is 0 Å². The van der Waals surface area contributed by atoms with Crippen molar-refractivity contribution in [3.63, 3.8) is 0 Å². The number of rotatable bonds is 6. The van der Waals surface area contributed by atoms with Gasteiger partial charge in [-0.3, -0.25) is 9.59 Å². The Hall–Kier alpha value is -1.20. The van der Waals surface area contributed by atoms with Crippen molar-refractivity contribution in [1.82, 2.24) is 5.32 Å². The quantitative estimate of drug-likeness (QED) is 0.787. The summed E-state index contributed by atoms with van der Waals surface area (Å²) in [6.45, 7) is 0. The van der Waals surface area contributed by atoms with E-state index in [-0.39, 0.29) is 11.9 Å². The Morgan fingerprint density at radius 3 is 2.67 bits per heavy atom. The summed E-state index contributed by atoms with van der Waals surface area (Å²) in [6, 6.07) is 7.26. The van der Waals surface area contributed by atoms with Crippen LogP contribution in [0.1, 0.15) is 25.7 Å². The first-order valence-corrected chi connectivity index (χ1v) is 8.33. The summed E-state index contributed by atoms with van der Waals surface area (Å²) in [5.74, 6) is -0.654. The Bertz CT molecular complexity index is 506. The van der Waals surface area contributed by atoms with Crippen LogP contribution in [0.4, 0.5) is 0 Å². The maximum atomic E-state index is 11.9. The SMILES string of the molecule is O=C(CCSc1ccc(Cl)cc1)N[C@H]1CCC[C@H]1C(=O)O. The summed E-state index contributed by atoms with van der Waals surface area (Å²) in [7, 11) is 0. The molecule has 1 aliphatic carbocycles. The van der Waals surface area contributed by atoms with Gasteiger partial charge in [0.1, 0.15) is 0 Å². The molecule has 2 N–H and O–H groups in total. The molecule has 0 unspecified atom stereocenters. The first kappa shape index (κ1) is 16.2. The molecule has 0 radical (unpaired) electrons. The molecule has 2 rings (SSSR count). The van der Waals surface area contributed by atoms with E-state index in [2.05, 4.69) is 5.32 Å². The van der Waals surface area contributed by atoms with E-state index >= 15 is 0 Å². The first-order valence-electron chi connectivity index (χ1n) is 6.97. The Balaban J connectivity index is 1.72. The predicted molar refractivity (Wildman–Crippen MR) is 83.7 cm³/mol. The van der Waals surface area contributed by atoms with E-state index < -0.39 is 11.9 Å². The number of carbonyl (C=O) groups excluding carboxylic acids is 1. The molecule has 1 saturated carbocycles. The van der Waals surface area contributed by atoms with Crippen LogP contribution in [0.3, 0.4) is 0 Å². The molecule has 1 aromatic carbocycles. The van der Waals surface area contributed by atoms with Gasteiger partial charge in [-0.2, -0.15) is 0 Å². The van der Waals surface area contributed by atoms with Crippen molar-refractivity contribution in [2.24, 2.45) is 5.92 Å². The zero-order chi connectivity index (χ0) is 15.2. The van der Waals surface area contributed by atoms with Crippen LogP contribution in [0.5, 0.6) is 0 Å². The molecule has 1 fully saturated rings. The largest absolute Gasteiger partial charge is 0.481 e. The van der Waals surface area contributed by atoms with Gasteiger partial charge in [-0.1, -0.05) is 18.0 Å². The van der Waals surface area contributed by atoms with Gasteiger partial charge in [0.25, 0.3) is 0 Å². The number of amides is 1. The maximum absolute atomic E-state index is 11.9. The maximum Gasteiger partial charge on any atom is 0.308 e. The first-order chi connectivity index (χ1) is 10.1. The fraction of sp³-hybridized carbons (Fsp3) is 0.467. The second-order valence-corrected chi connectivity index (χ2v) is 6.71.